The fourth-order valence-corrected chi connectivity index (χ4v) is 6.56. The van der Waals surface area contributed by atoms with Crippen LogP contribution in [0.5, 0.6) is 0 Å². The van der Waals surface area contributed by atoms with Gasteiger partial charge in [-0.3, -0.25) is 0 Å². The van der Waals surface area contributed by atoms with Crippen LogP contribution in [-0.2, 0) is 37.1 Å². The number of benzene rings is 3. The van der Waals surface area contributed by atoms with Crippen molar-refractivity contribution < 1.29 is 110 Å². The minimum Gasteiger partial charge on any atom is -0.361 e. The SMILES string of the molecule is [N-]=[N+]=C1C(C(F)(F)F)=CC(C(F)(F)F)=CC1[B-](c1cc(C(F)(F)F)cc(C(F)(F)F)c1)(c1cc(C(F)(F)F)cc(C(F)(F)F)c1)c1cc(C(F)(F)F)cc(C(F)(F)F)c1. The number of rotatable bonds is 4. The Labute approximate surface area is 310 Å². The lowest BCUT2D eigenvalue weighted by Gasteiger charge is -2.49. The third-order valence-electron chi connectivity index (χ3n) is 8.94. The Hall–Kier alpha value is -5.10. The molecule has 0 radical (unpaired) electrons. The predicted molar refractivity (Wildman–Crippen MR) is 155 cm³/mol. The molecule has 0 aliphatic heterocycles. The molecule has 0 fully saturated rings. The number of hydrogen-bond acceptors (Lipinski definition) is 0. The second-order valence-electron chi connectivity index (χ2n) is 12.6. The first kappa shape index (κ1) is 46.6. The molecule has 1 atom stereocenters. The third-order valence-corrected chi connectivity index (χ3v) is 8.94. The maximum atomic E-state index is 14.5. The molecule has 0 amide bonds. The van der Waals surface area contributed by atoms with Crippen molar-refractivity contribution in [1.82, 2.24) is 0 Å². The van der Waals surface area contributed by atoms with Crippen LogP contribution >= 0.6 is 0 Å². The number of hydrogen-bond donors (Lipinski definition) is 0. The molecule has 0 heterocycles. The summed E-state index contributed by atoms with van der Waals surface area (Å²) in [5.74, 6) is -3.95. The molecule has 0 saturated heterocycles. The second kappa shape index (κ2) is 14.3. The molecule has 1 aliphatic carbocycles. The number of nitrogens with zero attached hydrogens (tertiary/aromatic N) is 2. The molecule has 0 N–H and O–H groups in total. The molecule has 322 valence electrons. The molecule has 3 aromatic carbocycles. The average Bonchev–Trinajstić information content (AvgIpc) is 3.04. The molecular formula is C32H12BF24N2-. The molecule has 0 saturated carbocycles. The van der Waals surface area contributed by atoms with Crippen LogP contribution < -0.4 is 16.4 Å². The monoisotopic (exact) mass is 891 g/mol. The third kappa shape index (κ3) is 9.38. The summed E-state index contributed by atoms with van der Waals surface area (Å²) < 4.78 is 344. The summed E-state index contributed by atoms with van der Waals surface area (Å²) in [6.07, 6.45) is -57.6. The Morgan fingerprint density at radius 2 is 0.627 bits per heavy atom. The largest absolute Gasteiger partial charge is 0.423 e. The van der Waals surface area contributed by atoms with E-state index in [0.717, 1.165) is 0 Å². The van der Waals surface area contributed by atoms with E-state index in [2.05, 4.69) is 4.79 Å². The summed E-state index contributed by atoms with van der Waals surface area (Å²) in [5.41, 5.74) is -21.9. The van der Waals surface area contributed by atoms with Crippen molar-refractivity contribution in [2.75, 3.05) is 0 Å². The van der Waals surface area contributed by atoms with Crippen LogP contribution in [0.15, 0.2) is 77.9 Å². The normalized spacial score (nSPS) is 16.8. The second-order valence-corrected chi connectivity index (χ2v) is 12.6. The standard InChI is InChI=1S/C32H12BF24N2/c34-25(35,36)12-1-13(26(37,38)39)5-19(4-12)33(20-6-14(27(40,41)42)2-15(7-20)28(43,44)45,21-8-16(29(46,47)48)3-17(9-21)30(49,50)51)23-11-18(31(52,53)54)10-22(24(23)59-58)32(55,56)57/h1-11,23H/q-1. The maximum absolute atomic E-state index is 14.5. The van der Waals surface area contributed by atoms with Gasteiger partial charge in [-0.05, 0) is 30.1 Å². The van der Waals surface area contributed by atoms with Crippen LogP contribution in [0.1, 0.15) is 33.4 Å². The van der Waals surface area contributed by atoms with Gasteiger partial charge in [-0.15, -0.1) is 0 Å². The Bertz CT molecular complexity index is 1950. The van der Waals surface area contributed by atoms with E-state index in [0.29, 0.717) is 0 Å². The Balaban J connectivity index is 2.63. The highest BCUT2D eigenvalue weighted by Crippen LogP contribution is 2.46. The number of alkyl halides is 24. The van der Waals surface area contributed by atoms with Gasteiger partial charge in [0.2, 0.25) is 0 Å². The number of allylic oxidation sites excluding steroid dienone is 4. The van der Waals surface area contributed by atoms with E-state index >= 15 is 0 Å². The molecule has 0 spiro atoms. The van der Waals surface area contributed by atoms with Crippen LogP contribution in [0.4, 0.5) is 105 Å². The molecule has 1 unspecified atom stereocenters. The van der Waals surface area contributed by atoms with Gasteiger partial charge in [0.05, 0.1) is 39.0 Å². The minimum atomic E-state index is -6.37. The summed E-state index contributed by atoms with van der Waals surface area (Å²) in [6, 6.07) is -7.21. The average molecular weight is 891 g/mol. The highest BCUT2D eigenvalue weighted by atomic mass is 19.4. The topological polar surface area (TPSA) is 36.4 Å². The first-order valence-corrected chi connectivity index (χ1v) is 15.1. The van der Waals surface area contributed by atoms with Crippen LogP contribution in [0.25, 0.3) is 5.53 Å². The molecular weight excluding hydrogens is 879 g/mol. The first-order chi connectivity index (χ1) is 26.2. The van der Waals surface area contributed by atoms with E-state index < -0.39 is 195 Å². The van der Waals surface area contributed by atoms with Gasteiger partial charge < -0.3 is 5.53 Å². The molecule has 2 nitrogen and oxygen atoms in total. The zero-order chi connectivity index (χ0) is 45.5. The van der Waals surface area contributed by atoms with Crippen LogP contribution in [0.3, 0.4) is 0 Å². The van der Waals surface area contributed by atoms with Gasteiger partial charge in [0.25, 0.3) is 5.71 Å². The Kier molecular flexibility index (Phi) is 11.3. The van der Waals surface area contributed by atoms with Gasteiger partial charge in [0, 0.05) is 0 Å². The Morgan fingerprint density at radius 1 is 0.373 bits per heavy atom. The van der Waals surface area contributed by atoms with Crippen molar-refractivity contribution >= 4 is 28.2 Å². The lowest BCUT2D eigenvalue weighted by Crippen LogP contribution is -2.72. The van der Waals surface area contributed by atoms with Gasteiger partial charge in [0.15, 0.2) is 0 Å². The molecule has 0 bridgehead atoms. The molecule has 4 rings (SSSR count). The van der Waals surface area contributed by atoms with E-state index in [1.54, 1.807) is 0 Å². The lowest BCUT2D eigenvalue weighted by atomic mass is 9.09. The summed E-state index contributed by atoms with van der Waals surface area (Å²) in [4.78, 5) is 2.06. The van der Waals surface area contributed by atoms with Crippen LogP contribution in [0.2, 0.25) is 5.82 Å². The fourth-order valence-electron chi connectivity index (χ4n) is 6.56. The summed E-state index contributed by atoms with van der Waals surface area (Å²) in [6.45, 7) is 0. The van der Waals surface area contributed by atoms with Gasteiger partial charge in [-0.1, -0.05) is 42.5 Å². The molecule has 1 aliphatic rings. The summed E-state index contributed by atoms with van der Waals surface area (Å²) in [7, 11) is 0. The zero-order valence-corrected chi connectivity index (χ0v) is 27.5. The first-order valence-electron chi connectivity index (χ1n) is 15.1. The van der Waals surface area contributed by atoms with Crippen molar-refractivity contribution in [3.63, 3.8) is 0 Å². The Morgan fingerprint density at radius 3 is 0.814 bits per heavy atom. The van der Waals surface area contributed by atoms with Crippen molar-refractivity contribution in [3.8, 4) is 0 Å². The molecule has 3 aromatic rings. The van der Waals surface area contributed by atoms with E-state index in [1.807, 2.05) is 0 Å². The fraction of sp³-hybridized carbons (Fsp3) is 0.281. The van der Waals surface area contributed by atoms with E-state index in [1.165, 1.54) is 0 Å². The number of halogens is 24. The molecule has 27 heteroatoms. The highest BCUT2D eigenvalue weighted by Gasteiger charge is 2.56. The van der Waals surface area contributed by atoms with Gasteiger partial charge in [-0.25, -0.2) is 0 Å². The smallest absolute Gasteiger partial charge is 0.361 e. The van der Waals surface area contributed by atoms with Gasteiger partial charge in [0.1, 0.15) is 11.7 Å². The quantitative estimate of drug-likeness (QED) is 0.108. The van der Waals surface area contributed by atoms with Crippen LogP contribution in [-0.4, -0.2) is 29.0 Å². The van der Waals surface area contributed by atoms with Gasteiger partial charge >= 0.3 is 49.4 Å². The summed E-state index contributed by atoms with van der Waals surface area (Å²) in [5, 5.41) is 0. The zero-order valence-electron chi connectivity index (χ0n) is 27.5. The summed E-state index contributed by atoms with van der Waals surface area (Å²) >= 11 is 0. The lowest BCUT2D eigenvalue weighted by molar-refractivity contribution is -0.144. The van der Waals surface area contributed by atoms with Crippen molar-refractivity contribution in [2.45, 2.75) is 55.2 Å². The highest BCUT2D eigenvalue weighted by molar-refractivity contribution is 7.14. The van der Waals surface area contributed by atoms with E-state index in [-0.39, 0.29) is 0 Å². The minimum absolute atomic E-state index is 0.766. The molecule has 59 heavy (non-hydrogen) atoms. The van der Waals surface area contributed by atoms with Gasteiger partial charge in [-0.2, -0.15) is 127 Å². The van der Waals surface area contributed by atoms with Crippen LogP contribution in [0, 0.1) is 0 Å². The maximum Gasteiger partial charge on any atom is 0.423 e. The molecule has 0 aromatic heterocycles. The van der Waals surface area contributed by atoms with Crippen molar-refractivity contribution in [2.24, 2.45) is 0 Å². The predicted octanol–water partition coefficient (Wildman–Crippen LogP) is 11.3. The van der Waals surface area contributed by atoms with Crippen molar-refractivity contribution in [1.29, 1.82) is 0 Å². The van der Waals surface area contributed by atoms with Crippen molar-refractivity contribution in [3.05, 3.63) is 117 Å². The van der Waals surface area contributed by atoms with E-state index in [4.69, 9.17) is 0 Å². The van der Waals surface area contributed by atoms with E-state index in [9.17, 15) is 111 Å².